The lowest BCUT2D eigenvalue weighted by Crippen LogP contribution is -1.97. The van der Waals surface area contributed by atoms with E-state index in [9.17, 15) is 0 Å². The van der Waals surface area contributed by atoms with Gasteiger partial charge < -0.3 is 0 Å². The highest BCUT2D eigenvalue weighted by Gasteiger charge is 2.18. The van der Waals surface area contributed by atoms with Gasteiger partial charge in [-0.25, -0.2) is 4.98 Å². The standard InChI is InChI=1S/C44H28N2S/c1-27-45-39-16-8-9-17-40(39)46(27)32-21-18-28(19-22-32)43-33-12-4-6-14-35(33)44(36-15-7-5-13-34(36)43)31-20-23-41-37(25-31)38-24-29-10-2-3-11-30(29)26-42(38)47-41/h2-26H,1H3. The first-order chi connectivity index (χ1) is 23.2. The molecule has 0 aliphatic rings. The molecule has 0 N–H and O–H groups in total. The van der Waals surface area contributed by atoms with Crippen molar-refractivity contribution in [3.63, 3.8) is 0 Å². The SMILES string of the molecule is Cc1nc2ccccc2n1-c1ccc(-c2c3ccccc3c(-c3ccc4sc5cc6ccccc6cc5c4c3)c3ccccc23)cc1. The van der Waals surface area contributed by atoms with E-state index in [0.29, 0.717) is 0 Å². The molecule has 0 spiro atoms. The summed E-state index contributed by atoms with van der Waals surface area (Å²) in [7, 11) is 0. The van der Waals surface area contributed by atoms with Gasteiger partial charge in [0.15, 0.2) is 0 Å². The minimum Gasteiger partial charge on any atom is -0.297 e. The van der Waals surface area contributed by atoms with E-state index in [1.165, 1.54) is 74.7 Å². The van der Waals surface area contributed by atoms with E-state index >= 15 is 0 Å². The number of nitrogens with zero attached hydrogens (tertiary/aromatic N) is 2. The lowest BCUT2D eigenvalue weighted by molar-refractivity contribution is 1.00. The van der Waals surface area contributed by atoms with Crippen LogP contribution in [0.25, 0.3) is 91.5 Å². The second-order valence-electron chi connectivity index (χ2n) is 12.4. The van der Waals surface area contributed by atoms with E-state index in [-0.39, 0.29) is 0 Å². The zero-order valence-electron chi connectivity index (χ0n) is 25.7. The van der Waals surface area contributed by atoms with E-state index < -0.39 is 0 Å². The van der Waals surface area contributed by atoms with Gasteiger partial charge in [0, 0.05) is 25.9 Å². The van der Waals surface area contributed by atoms with Gasteiger partial charge in [-0.15, -0.1) is 11.3 Å². The third kappa shape index (κ3) is 4.00. The number of fused-ring (bicyclic) bond motifs is 7. The number of benzene rings is 8. The lowest BCUT2D eigenvalue weighted by Gasteiger charge is -2.18. The number of aryl methyl sites for hydroxylation is 1. The van der Waals surface area contributed by atoms with Crippen LogP contribution in [0.5, 0.6) is 0 Å². The molecule has 3 heteroatoms. The van der Waals surface area contributed by atoms with Crippen LogP contribution >= 0.6 is 11.3 Å². The minimum absolute atomic E-state index is 0.989. The van der Waals surface area contributed by atoms with Crippen molar-refractivity contribution in [1.29, 1.82) is 0 Å². The molecular weight excluding hydrogens is 589 g/mol. The molecule has 2 nitrogen and oxygen atoms in total. The maximum absolute atomic E-state index is 4.80. The molecule has 0 saturated heterocycles. The van der Waals surface area contributed by atoms with Gasteiger partial charge in [-0.2, -0.15) is 0 Å². The highest BCUT2D eigenvalue weighted by Crippen LogP contribution is 2.45. The van der Waals surface area contributed by atoms with Gasteiger partial charge in [-0.3, -0.25) is 4.57 Å². The second kappa shape index (κ2) is 10.1. The van der Waals surface area contributed by atoms with Gasteiger partial charge in [0.1, 0.15) is 5.82 Å². The molecule has 0 unspecified atom stereocenters. The number of hydrogen-bond donors (Lipinski definition) is 0. The Morgan fingerprint density at radius 3 is 1.72 bits per heavy atom. The van der Waals surface area contributed by atoms with Crippen LogP contribution in [0.15, 0.2) is 152 Å². The molecule has 0 radical (unpaired) electrons. The smallest absolute Gasteiger partial charge is 0.111 e. The van der Waals surface area contributed by atoms with Gasteiger partial charge in [0.05, 0.1) is 11.0 Å². The third-order valence-electron chi connectivity index (χ3n) is 9.70. The van der Waals surface area contributed by atoms with Crippen LogP contribution in [0.1, 0.15) is 5.82 Å². The van der Waals surface area contributed by atoms with Crippen LogP contribution in [0.4, 0.5) is 0 Å². The molecular formula is C44H28N2S. The molecule has 0 saturated carbocycles. The molecule has 10 rings (SSSR count). The zero-order valence-corrected chi connectivity index (χ0v) is 26.6. The Morgan fingerprint density at radius 2 is 1.02 bits per heavy atom. The van der Waals surface area contributed by atoms with Gasteiger partial charge in [0.25, 0.3) is 0 Å². The van der Waals surface area contributed by atoms with Crippen molar-refractivity contribution >= 4 is 74.9 Å². The Balaban J connectivity index is 1.19. The van der Waals surface area contributed by atoms with E-state index in [2.05, 4.69) is 157 Å². The Labute approximate surface area is 275 Å². The van der Waals surface area contributed by atoms with E-state index in [4.69, 9.17) is 4.98 Å². The normalized spacial score (nSPS) is 11.9. The third-order valence-corrected chi connectivity index (χ3v) is 10.8. The van der Waals surface area contributed by atoms with Crippen LogP contribution in [0.2, 0.25) is 0 Å². The summed E-state index contributed by atoms with van der Waals surface area (Å²) in [6.45, 7) is 2.08. The monoisotopic (exact) mass is 616 g/mol. The topological polar surface area (TPSA) is 17.8 Å². The first-order valence-corrected chi connectivity index (χ1v) is 16.9. The fraction of sp³-hybridized carbons (Fsp3) is 0.0227. The second-order valence-corrected chi connectivity index (χ2v) is 13.5. The van der Waals surface area contributed by atoms with E-state index in [0.717, 1.165) is 22.5 Å². The molecule has 0 bridgehead atoms. The first kappa shape index (κ1) is 26.4. The molecule has 2 aromatic heterocycles. The summed E-state index contributed by atoms with van der Waals surface area (Å²) in [6.07, 6.45) is 0. The summed E-state index contributed by atoms with van der Waals surface area (Å²) in [6, 6.07) is 55.6. The van der Waals surface area contributed by atoms with Crippen LogP contribution in [-0.2, 0) is 0 Å². The number of thiophene rings is 1. The van der Waals surface area contributed by atoms with E-state index in [1.54, 1.807) is 0 Å². The summed E-state index contributed by atoms with van der Waals surface area (Å²) in [5.41, 5.74) is 8.29. The Kier molecular flexibility index (Phi) is 5.69. The Morgan fingerprint density at radius 1 is 0.468 bits per heavy atom. The number of para-hydroxylation sites is 2. The summed E-state index contributed by atoms with van der Waals surface area (Å²) in [5, 5.41) is 10.3. The summed E-state index contributed by atoms with van der Waals surface area (Å²) in [5.74, 6) is 0.989. The van der Waals surface area contributed by atoms with Gasteiger partial charge in [-0.05, 0) is 110 Å². The molecule has 47 heavy (non-hydrogen) atoms. The predicted octanol–water partition coefficient (Wildman–Crippen LogP) is 12.5. The average Bonchev–Trinajstić information content (AvgIpc) is 3.65. The molecule has 2 heterocycles. The van der Waals surface area contributed by atoms with Gasteiger partial charge >= 0.3 is 0 Å². The Bertz CT molecular complexity index is 2800. The first-order valence-electron chi connectivity index (χ1n) is 16.0. The molecule has 0 atom stereocenters. The number of hydrogen-bond acceptors (Lipinski definition) is 2. The average molecular weight is 617 g/mol. The lowest BCUT2D eigenvalue weighted by atomic mass is 9.85. The Hall–Kier alpha value is -5.77. The van der Waals surface area contributed by atoms with Crippen LogP contribution in [-0.4, -0.2) is 9.55 Å². The van der Waals surface area contributed by atoms with Crippen molar-refractivity contribution in [1.82, 2.24) is 9.55 Å². The number of aromatic nitrogens is 2. The summed E-state index contributed by atoms with van der Waals surface area (Å²) in [4.78, 5) is 4.80. The molecule has 8 aromatic carbocycles. The van der Waals surface area contributed by atoms with Crippen LogP contribution in [0, 0.1) is 6.92 Å². The number of imidazole rings is 1. The molecule has 0 fully saturated rings. The van der Waals surface area contributed by atoms with Crippen molar-refractivity contribution < 1.29 is 0 Å². The maximum atomic E-state index is 4.80. The summed E-state index contributed by atoms with van der Waals surface area (Å²) < 4.78 is 4.90. The van der Waals surface area contributed by atoms with E-state index in [1.807, 2.05) is 17.4 Å². The zero-order chi connectivity index (χ0) is 31.1. The quantitative estimate of drug-likeness (QED) is 0.181. The highest BCUT2D eigenvalue weighted by molar-refractivity contribution is 7.25. The fourth-order valence-electron chi connectivity index (χ4n) is 7.62. The van der Waals surface area contributed by atoms with Crippen molar-refractivity contribution in [3.8, 4) is 27.9 Å². The van der Waals surface area contributed by atoms with Crippen molar-refractivity contribution in [2.45, 2.75) is 6.92 Å². The fourth-order valence-corrected chi connectivity index (χ4v) is 8.73. The van der Waals surface area contributed by atoms with Crippen molar-refractivity contribution in [3.05, 3.63) is 157 Å². The molecule has 220 valence electrons. The minimum atomic E-state index is 0.989. The molecule has 0 aliphatic carbocycles. The van der Waals surface area contributed by atoms with Crippen LogP contribution < -0.4 is 0 Å². The van der Waals surface area contributed by atoms with Crippen molar-refractivity contribution in [2.24, 2.45) is 0 Å². The summed E-state index contributed by atoms with van der Waals surface area (Å²) >= 11 is 1.88. The molecule has 10 aromatic rings. The van der Waals surface area contributed by atoms with Crippen LogP contribution in [0.3, 0.4) is 0 Å². The number of rotatable bonds is 3. The predicted molar refractivity (Wildman–Crippen MR) is 202 cm³/mol. The van der Waals surface area contributed by atoms with Gasteiger partial charge in [-0.1, -0.05) is 103 Å². The molecule has 0 aliphatic heterocycles. The maximum Gasteiger partial charge on any atom is 0.111 e. The highest BCUT2D eigenvalue weighted by atomic mass is 32.1. The van der Waals surface area contributed by atoms with Gasteiger partial charge in [0.2, 0.25) is 0 Å². The van der Waals surface area contributed by atoms with Crippen molar-refractivity contribution in [2.75, 3.05) is 0 Å². The largest absolute Gasteiger partial charge is 0.297 e. The molecule has 0 amide bonds.